The highest BCUT2D eigenvalue weighted by Crippen LogP contribution is 1.98. The van der Waals surface area contributed by atoms with Crippen LogP contribution in [0.3, 0.4) is 0 Å². The van der Waals surface area contributed by atoms with Gasteiger partial charge >= 0.3 is 6.03 Å². The van der Waals surface area contributed by atoms with Crippen molar-refractivity contribution in [3.63, 3.8) is 0 Å². The third-order valence-electron chi connectivity index (χ3n) is 2.66. The van der Waals surface area contributed by atoms with Gasteiger partial charge in [-0.2, -0.15) is 5.10 Å². The smallest absolute Gasteiger partial charge is 0.336 e. The molecule has 1 aromatic heterocycles. The fraction of sp³-hybridized carbons (Fsp3) is 0.286. The first kappa shape index (κ1) is 14.1. The van der Waals surface area contributed by atoms with Crippen molar-refractivity contribution in [2.45, 2.75) is 19.6 Å². The Bertz CT molecular complexity index is 499. The van der Waals surface area contributed by atoms with Crippen LogP contribution in [0.1, 0.15) is 12.0 Å². The van der Waals surface area contributed by atoms with Gasteiger partial charge in [-0.1, -0.05) is 30.3 Å². The van der Waals surface area contributed by atoms with Crippen LogP contribution in [0.25, 0.3) is 0 Å². The van der Waals surface area contributed by atoms with Crippen molar-refractivity contribution in [3.8, 4) is 0 Å². The van der Waals surface area contributed by atoms with E-state index in [2.05, 4.69) is 15.9 Å². The number of rotatable bonds is 7. The van der Waals surface area contributed by atoms with E-state index in [-0.39, 0.29) is 6.03 Å². The Balaban J connectivity index is 1.52. The molecule has 6 nitrogen and oxygen atoms in total. The molecule has 0 fully saturated rings. The van der Waals surface area contributed by atoms with Crippen LogP contribution in [-0.4, -0.2) is 22.4 Å². The van der Waals surface area contributed by atoms with Crippen LogP contribution in [0.5, 0.6) is 0 Å². The number of aryl methyl sites for hydroxylation is 1. The predicted molar refractivity (Wildman–Crippen MR) is 74.6 cm³/mol. The lowest BCUT2D eigenvalue weighted by Gasteiger charge is -2.08. The van der Waals surface area contributed by atoms with Crippen molar-refractivity contribution in [1.29, 1.82) is 0 Å². The summed E-state index contributed by atoms with van der Waals surface area (Å²) in [5.41, 5.74) is 3.36. The summed E-state index contributed by atoms with van der Waals surface area (Å²) in [4.78, 5) is 16.5. The SMILES string of the molecule is O=C(NCCCn1cccn1)NOCc1ccccc1. The molecule has 0 saturated carbocycles. The van der Waals surface area contributed by atoms with E-state index in [0.29, 0.717) is 13.2 Å². The molecular formula is C14H18N4O2. The van der Waals surface area contributed by atoms with Gasteiger partial charge in [-0.3, -0.25) is 9.52 Å². The largest absolute Gasteiger partial charge is 0.338 e. The number of carbonyl (C=O) groups excluding carboxylic acids is 1. The van der Waals surface area contributed by atoms with Gasteiger partial charge in [0.2, 0.25) is 0 Å². The maximum absolute atomic E-state index is 11.4. The number of nitrogens with zero attached hydrogens (tertiary/aromatic N) is 2. The van der Waals surface area contributed by atoms with Crippen molar-refractivity contribution in [3.05, 3.63) is 54.4 Å². The van der Waals surface area contributed by atoms with Gasteiger partial charge < -0.3 is 5.32 Å². The van der Waals surface area contributed by atoms with E-state index in [9.17, 15) is 4.79 Å². The van der Waals surface area contributed by atoms with E-state index in [4.69, 9.17) is 4.84 Å². The quantitative estimate of drug-likeness (QED) is 0.596. The lowest BCUT2D eigenvalue weighted by atomic mass is 10.2. The van der Waals surface area contributed by atoms with Crippen molar-refractivity contribution >= 4 is 6.03 Å². The van der Waals surface area contributed by atoms with E-state index in [0.717, 1.165) is 18.5 Å². The normalized spacial score (nSPS) is 10.2. The van der Waals surface area contributed by atoms with Gasteiger partial charge in [0, 0.05) is 25.5 Å². The van der Waals surface area contributed by atoms with Gasteiger partial charge in [-0.25, -0.2) is 10.3 Å². The summed E-state index contributed by atoms with van der Waals surface area (Å²) in [5.74, 6) is 0. The minimum atomic E-state index is -0.332. The van der Waals surface area contributed by atoms with Crippen LogP contribution >= 0.6 is 0 Å². The third-order valence-corrected chi connectivity index (χ3v) is 2.66. The Morgan fingerprint density at radius 1 is 1.25 bits per heavy atom. The molecule has 0 aliphatic heterocycles. The number of hydrogen-bond acceptors (Lipinski definition) is 3. The highest BCUT2D eigenvalue weighted by Gasteiger charge is 1.99. The highest BCUT2D eigenvalue weighted by atomic mass is 16.7. The van der Waals surface area contributed by atoms with Crippen LogP contribution in [0.15, 0.2) is 48.8 Å². The second kappa shape index (κ2) is 7.96. The van der Waals surface area contributed by atoms with E-state index >= 15 is 0 Å². The third kappa shape index (κ3) is 5.11. The van der Waals surface area contributed by atoms with Crippen molar-refractivity contribution < 1.29 is 9.63 Å². The van der Waals surface area contributed by atoms with Crippen LogP contribution in [0, 0.1) is 0 Å². The summed E-state index contributed by atoms with van der Waals surface area (Å²) >= 11 is 0. The summed E-state index contributed by atoms with van der Waals surface area (Å²) in [6, 6.07) is 11.2. The first-order valence-corrected chi connectivity index (χ1v) is 6.51. The Kier molecular flexibility index (Phi) is 5.60. The Hall–Kier alpha value is -2.34. The number of benzene rings is 1. The molecule has 0 saturated heterocycles. The topological polar surface area (TPSA) is 68.2 Å². The number of hydrogen-bond donors (Lipinski definition) is 2. The second-order valence-electron chi connectivity index (χ2n) is 4.25. The zero-order chi connectivity index (χ0) is 14.0. The lowest BCUT2D eigenvalue weighted by molar-refractivity contribution is 0.0491. The van der Waals surface area contributed by atoms with Gasteiger partial charge in [-0.05, 0) is 18.1 Å². The molecule has 20 heavy (non-hydrogen) atoms. The minimum Gasteiger partial charge on any atom is -0.336 e. The fourth-order valence-electron chi connectivity index (χ4n) is 1.67. The Labute approximate surface area is 117 Å². The zero-order valence-corrected chi connectivity index (χ0v) is 11.2. The summed E-state index contributed by atoms with van der Waals surface area (Å²) in [7, 11) is 0. The predicted octanol–water partition coefficient (Wildman–Crippen LogP) is 1.70. The first-order chi connectivity index (χ1) is 9.84. The standard InChI is InChI=1S/C14H18N4O2/c19-14(15-8-4-10-18-11-5-9-16-18)17-20-12-13-6-2-1-3-7-13/h1-3,5-7,9,11H,4,8,10,12H2,(H2,15,17,19). The molecule has 1 aromatic carbocycles. The molecule has 2 rings (SSSR count). The molecule has 2 amide bonds. The molecule has 0 aliphatic carbocycles. The zero-order valence-electron chi connectivity index (χ0n) is 11.2. The molecule has 0 radical (unpaired) electrons. The van der Waals surface area contributed by atoms with Crippen LogP contribution in [0.2, 0.25) is 0 Å². The molecule has 0 bridgehead atoms. The first-order valence-electron chi connectivity index (χ1n) is 6.51. The maximum Gasteiger partial charge on any atom is 0.338 e. The van der Waals surface area contributed by atoms with Gasteiger partial charge in [0.05, 0.1) is 6.61 Å². The number of nitrogens with one attached hydrogen (secondary N) is 2. The fourth-order valence-corrected chi connectivity index (χ4v) is 1.67. The van der Waals surface area contributed by atoms with Gasteiger partial charge in [0.25, 0.3) is 0 Å². The molecule has 0 unspecified atom stereocenters. The van der Waals surface area contributed by atoms with Crippen LogP contribution < -0.4 is 10.8 Å². The van der Waals surface area contributed by atoms with Gasteiger partial charge in [0.1, 0.15) is 0 Å². The monoisotopic (exact) mass is 274 g/mol. The second-order valence-corrected chi connectivity index (χ2v) is 4.25. The van der Waals surface area contributed by atoms with Crippen LogP contribution in [-0.2, 0) is 18.0 Å². The number of carbonyl (C=O) groups is 1. The van der Waals surface area contributed by atoms with Crippen LogP contribution in [0.4, 0.5) is 4.79 Å². The number of urea groups is 1. The highest BCUT2D eigenvalue weighted by molar-refractivity contribution is 5.72. The average molecular weight is 274 g/mol. The number of amides is 2. The Morgan fingerprint density at radius 3 is 2.85 bits per heavy atom. The molecule has 1 heterocycles. The maximum atomic E-state index is 11.4. The van der Waals surface area contributed by atoms with Crippen molar-refractivity contribution in [1.82, 2.24) is 20.6 Å². The van der Waals surface area contributed by atoms with Crippen molar-refractivity contribution in [2.75, 3.05) is 6.54 Å². The molecule has 0 spiro atoms. The summed E-state index contributed by atoms with van der Waals surface area (Å²) in [5, 5.41) is 6.79. The van der Waals surface area contributed by atoms with E-state index < -0.39 is 0 Å². The van der Waals surface area contributed by atoms with E-state index in [1.807, 2.05) is 47.3 Å². The average Bonchev–Trinajstić information content (AvgIpc) is 2.98. The Morgan fingerprint density at radius 2 is 2.10 bits per heavy atom. The van der Waals surface area contributed by atoms with E-state index in [1.54, 1.807) is 6.20 Å². The summed E-state index contributed by atoms with van der Waals surface area (Å²) in [6.45, 7) is 1.69. The van der Waals surface area contributed by atoms with Gasteiger partial charge in [0.15, 0.2) is 0 Å². The molecular weight excluding hydrogens is 256 g/mol. The molecule has 0 aliphatic rings. The molecule has 2 aromatic rings. The molecule has 106 valence electrons. The van der Waals surface area contributed by atoms with Gasteiger partial charge in [-0.15, -0.1) is 0 Å². The summed E-state index contributed by atoms with van der Waals surface area (Å²) in [6.07, 6.45) is 4.44. The lowest BCUT2D eigenvalue weighted by Crippen LogP contribution is -2.36. The number of aromatic nitrogens is 2. The molecule has 2 N–H and O–H groups in total. The number of hydroxylamine groups is 1. The summed E-state index contributed by atoms with van der Waals surface area (Å²) < 4.78 is 1.82. The molecule has 6 heteroatoms. The minimum absolute atomic E-state index is 0.332. The van der Waals surface area contributed by atoms with E-state index in [1.165, 1.54) is 0 Å². The molecule has 0 atom stereocenters. The van der Waals surface area contributed by atoms with Crippen molar-refractivity contribution in [2.24, 2.45) is 0 Å².